The van der Waals surface area contributed by atoms with E-state index < -0.39 is 11.5 Å². The molecule has 15 nitrogen and oxygen atoms in total. The van der Waals surface area contributed by atoms with Gasteiger partial charge in [0.25, 0.3) is 5.69 Å². The molecule has 5 rings (SSSR count). The predicted octanol–water partition coefficient (Wildman–Crippen LogP) is 4.54. The number of phenols is 2. The molecular weight excluding hydrogens is 588 g/mol. The Balaban J connectivity index is 0.000000241. The maximum atomic E-state index is 11.1. The van der Waals surface area contributed by atoms with Crippen molar-refractivity contribution in [2.24, 2.45) is 10.2 Å². The summed E-state index contributed by atoms with van der Waals surface area (Å²) < 4.78 is 10.2. The highest BCUT2D eigenvalue weighted by atomic mass is 16.6. The van der Waals surface area contributed by atoms with E-state index in [1.165, 1.54) is 43.3 Å². The number of aliphatic hydroxyl groups excluding tert-OH is 2. The minimum Gasteiger partial charge on any atom is -0.505 e. The standard InChI is InChI=1S/C15H15N3O5.C15H15N3O3.H2O/c1-9-3-4-12(14(5-9)18(21)22)16-17-13-7-11(23-2)6-10(8-19)15(13)20;1-9-3-4-12-13(5-9)17-18(16-12)14-7-11(21-2)6-10(8-19)15(14)20;/h3-7,19-20H,8H2,1-2H3;3-7,19-20H,8H2,1-2H3;1H2/p+1. The van der Waals surface area contributed by atoms with Gasteiger partial charge >= 0.3 is 0 Å². The number of hydrogen-bond donors (Lipinski definition) is 4. The Morgan fingerprint density at radius 2 is 1.33 bits per heavy atom. The first-order chi connectivity index (χ1) is 21.1. The predicted molar refractivity (Wildman–Crippen MR) is 165 cm³/mol. The van der Waals surface area contributed by atoms with Gasteiger partial charge in [0.15, 0.2) is 5.69 Å². The van der Waals surface area contributed by atoms with Crippen molar-refractivity contribution < 1.29 is 40.3 Å². The van der Waals surface area contributed by atoms with Crippen LogP contribution >= 0.6 is 0 Å². The first-order valence-corrected chi connectivity index (χ1v) is 13.1. The maximum Gasteiger partial charge on any atom is 0.296 e. The third kappa shape index (κ3) is 7.66. The average Bonchev–Trinajstić information content (AvgIpc) is 3.44. The number of nitro benzene ring substituents is 1. The van der Waals surface area contributed by atoms with Crippen molar-refractivity contribution in [2.75, 3.05) is 14.2 Å². The lowest BCUT2D eigenvalue weighted by Crippen LogP contribution is -2.02. The summed E-state index contributed by atoms with van der Waals surface area (Å²) in [4.78, 5) is 11.9. The average molecular weight is 622 g/mol. The monoisotopic (exact) mass is 621 g/mol. The van der Waals surface area contributed by atoms with Crippen LogP contribution in [-0.4, -0.2) is 54.6 Å². The quantitative estimate of drug-likeness (QED) is 0.0817. The lowest BCUT2D eigenvalue weighted by atomic mass is 10.1. The number of aryl methyl sites for hydroxylation is 2. The summed E-state index contributed by atoms with van der Waals surface area (Å²) in [7, 11) is 2.95. The van der Waals surface area contributed by atoms with E-state index >= 15 is 0 Å². The first-order valence-electron chi connectivity index (χ1n) is 13.1. The highest BCUT2D eigenvalue weighted by Crippen LogP contribution is 2.37. The zero-order chi connectivity index (χ0) is 32.0. The molecule has 0 atom stereocenters. The normalized spacial score (nSPS) is 10.7. The Morgan fingerprint density at radius 1 is 0.778 bits per heavy atom. The lowest BCUT2D eigenvalue weighted by molar-refractivity contribution is -0.384. The topological polar surface area (TPSA) is 231 Å². The molecule has 1 aromatic heterocycles. The van der Waals surface area contributed by atoms with E-state index in [4.69, 9.17) is 9.47 Å². The van der Waals surface area contributed by atoms with Gasteiger partial charge in [-0.3, -0.25) is 10.1 Å². The molecule has 0 aliphatic heterocycles. The second-order valence-corrected chi connectivity index (χ2v) is 9.56. The molecule has 0 unspecified atom stereocenters. The van der Waals surface area contributed by atoms with E-state index in [0.717, 1.165) is 22.2 Å². The van der Waals surface area contributed by atoms with Crippen LogP contribution in [0.4, 0.5) is 17.1 Å². The van der Waals surface area contributed by atoms with Crippen LogP contribution in [0.1, 0.15) is 22.3 Å². The van der Waals surface area contributed by atoms with Gasteiger partial charge in [-0.05, 0) is 55.3 Å². The molecule has 0 saturated heterocycles. The molecule has 0 spiro atoms. The molecule has 0 amide bonds. The van der Waals surface area contributed by atoms with Crippen LogP contribution in [0, 0.1) is 24.0 Å². The molecule has 15 heteroatoms. The fourth-order valence-corrected chi connectivity index (χ4v) is 4.11. The first kappa shape index (κ1) is 33.9. The van der Waals surface area contributed by atoms with Crippen molar-refractivity contribution in [3.8, 4) is 28.7 Å². The Labute approximate surface area is 256 Å². The Morgan fingerprint density at radius 3 is 1.96 bits per heavy atom. The number of hydrogen-bond acceptors (Lipinski definition) is 12. The van der Waals surface area contributed by atoms with Crippen LogP contribution in [0.5, 0.6) is 23.0 Å². The maximum absolute atomic E-state index is 11.1. The lowest BCUT2D eigenvalue weighted by Gasteiger charge is -2.10. The van der Waals surface area contributed by atoms with Crippen LogP contribution in [0.25, 0.3) is 16.7 Å². The molecule has 7 N–H and O–H groups in total. The highest BCUT2D eigenvalue weighted by Gasteiger charge is 2.16. The minimum absolute atomic E-state index is 0. The summed E-state index contributed by atoms with van der Waals surface area (Å²) in [6, 6.07) is 16.4. The molecule has 0 bridgehead atoms. The third-order valence-electron chi connectivity index (χ3n) is 6.44. The van der Waals surface area contributed by atoms with Gasteiger partial charge in [0.05, 0.1) is 32.4 Å². The summed E-state index contributed by atoms with van der Waals surface area (Å²) in [6.07, 6.45) is 0. The number of nitro groups is 1. The Hall–Kier alpha value is -5.64. The Bertz CT molecular complexity index is 1860. The molecular formula is C30H33N6O9+. The summed E-state index contributed by atoms with van der Waals surface area (Å²) in [5, 5.41) is 66.2. The van der Waals surface area contributed by atoms with E-state index in [1.807, 2.05) is 25.1 Å². The van der Waals surface area contributed by atoms with Gasteiger partial charge in [0.1, 0.15) is 45.4 Å². The van der Waals surface area contributed by atoms with Gasteiger partial charge < -0.3 is 35.4 Å². The molecule has 0 fully saturated rings. The fourth-order valence-electron chi connectivity index (χ4n) is 4.11. The van der Waals surface area contributed by atoms with E-state index in [-0.39, 0.29) is 46.2 Å². The number of benzene rings is 4. The number of fused-ring (bicyclic) bond motifs is 1. The Kier molecular flexibility index (Phi) is 11.1. The molecule has 0 saturated carbocycles. The summed E-state index contributed by atoms with van der Waals surface area (Å²) in [6.45, 7) is 3.01. The number of aromatic hydroxyl groups is 2. The van der Waals surface area contributed by atoms with Crippen molar-refractivity contribution in [1.82, 2.24) is 15.0 Å². The second kappa shape index (κ2) is 14.7. The van der Waals surface area contributed by atoms with Gasteiger partial charge in [-0.25, -0.2) is 0 Å². The summed E-state index contributed by atoms with van der Waals surface area (Å²) >= 11 is 0. The van der Waals surface area contributed by atoms with E-state index in [1.54, 1.807) is 25.1 Å². The van der Waals surface area contributed by atoms with Crippen molar-refractivity contribution >= 4 is 28.1 Å². The molecule has 0 aliphatic carbocycles. The molecule has 45 heavy (non-hydrogen) atoms. The molecule has 5 aromatic rings. The van der Waals surface area contributed by atoms with Crippen molar-refractivity contribution in [1.29, 1.82) is 0 Å². The number of nitrogens with zero attached hydrogens (tertiary/aromatic N) is 6. The van der Waals surface area contributed by atoms with Gasteiger partial charge in [-0.2, -0.15) is 0 Å². The number of aliphatic hydroxyl groups is 2. The fraction of sp³-hybridized carbons (Fsp3) is 0.200. The van der Waals surface area contributed by atoms with Crippen LogP contribution < -0.4 is 9.47 Å². The smallest absolute Gasteiger partial charge is 0.296 e. The molecule has 4 aromatic carbocycles. The largest absolute Gasteiger partial charge is 0.505 e. The van der Waals surface area contributed by atoms with Crippen LogP contribution in [0.3, 0.4) is 0 Å². The number of aromatic nitrogens is 3. The van der Waals surface area contributed by atoms with E-state index in [2.05, 4.69) is 20.4 Å². The van der Waals surface area contributed by atoms with Gasteiger partial charge in [0.2, 0.25) is 0 Å². The van der Waals surface area contributed by atoms with Crippen molar-refractivity contribution in [3.05, 3.63) is 93.0 Å². The van der Waals surface area contributed by atoms with Crippen LogP contribution in [0.15, 0.2) is 70.9 Å². The SMILES string of the molecule is COc1cc(CO)c(O)c(-n2nc3ccc(C)cc3n2)c1.COc1cc(CO)c(O)c(N=Nc2ccc(C)cc2[N+](=O)[O-])c1.[OH3+]. The number of ether oxygens (including phenoxy) is 2. The van der Waals surface area contributed by atoms with Crippen LogP contribution in [0.2, 0.25) is 0 Å². The third-order valence-corrected chi connectivity index (χ3v) is 6.44. The van der Waals surface area contributed by atoms with Crippen molar-refractivity contribution in [2.45, 2.75) is 27.1 Å². The zero-order valence-corrected chi connectivity index (χ0v) is 24.9. The number of azo groups is 1. The van der Waals surface area contributed by atoms with Crippen molar-refractivity contribution in [3.63, 3.8) is 0 Å². The highest BCUT2D eigenvalue weighted by molar-refractivity contribution is 5.75. The van der Waals surface area contributed by atoms with Crippen LogP contribution in [-0.2, 0) is 18.7 Å². The minimum atomic E-state index is -0.550. The molecule has 0 radical (unpaired) electrons. The van der Waals surface area contributed by atoms with Gasteiger partial charge in [-0.1, -0.05) is 12.1 Å². The molecule has 236 valence electrons. The summed E-state index contributed by atoms with van der Waals surface area (Å²) in [5.74, 6) is 0.575. The number of rotatable bonds is 8. The zero-order valence-electron chi connectivity index (χ0n) is 24.9. The molecule has 1 heterocycles. The summed E-state index contributed by atoms with van der Waals surface area (Å²) in [5.41, 5.74) is 4.15. The van der Waals surface area contributed by atoms with Gasteiger partial charge in [-0.15, -0.1) is 25.2 Å². The number of methoxy groups -OCH3 is 2. The second-order valence-electron chi connectivity index (χ2n) is 9.56. The van der Waals surface area contributed by atoms with E-state index in [9.17, 15) is 30.5 Å². The van der Waals surface area contributed by atoms with E-state index in [0.29, 0.717) is 22.7 Å². The van der Waals surface area contributed by atoms with Gasteiger partial charge in [0, 0.05) is 29.3 Å². The molecule has 0 aliphatic rings.